The molecule has 1 amide bonds. The van der Waals surface area contributed by atoms with Gasteiger partial charge in [-0.3, -0.25) is 4.79 Å². The van der Waals surface area contributed by atoms with Gasteiger partial charge in [-0.15, -0.1) is 5.10 Å². The number of morpholine rings is 1. The Labute approximate surface area is 136 Å². The molecule has 23 heavy (non-hydrogen) atoms. The van der Waals surface area contributed by atoms with Crippen molar-refractivity contribution < 1.29 is 9.53 Å². The van der Waals surface area contributed by atoms with Crippen LogP contribution in [0.25, 0.3) is 5.69 Å². The summed E-state index contributed by atoms with van der Waals surface area (Å²) < 4.78 is 7.56. The van der Waals surface area contributed by atoms with Crippen molar-refractivity contribution in [3.05, 3.63) is 41.7 Å². The lowest BCUT2D eigenvalue weighted by Gasteiger charge is -2.41. The fraction of sp³-hybridized carbons (Fsp3) is 0.471. The van der Waals surface area contributed by atoms with Crippen molar-refractivity contribution in [1.82, 2.24) is 19.9 Å². The molecule has 0 aliphatic carbocycles. The smallest absolute Gasteiger partial charge is 0.276 e. The van der Waals surface area contributed by atoms with Crippen LogP contribution in [0.15, 0.2) is 30.3 Å². The van der Waals surface area contributed by atoms with Crippen LogP contribution in [0, 0.1) is 6.92 Å². The van der Waals surface area contributed by atoms with E-state index in [1.54, 1.807) is 9.58 Å². The molecule has 0 radical (unpaired) electrons. The maximum absolute atomic E-state index is 12.9. The minimum Gasteiger partial charge on any atom is -0.369 e. The van der Waals surface area contributed by atoms with E-state index in [0.29, 0.717) is 18.8 Å². The van der Waals surface area contributed by atoms with Crippen LogP contribution in [0.4, 0.5) is 0 Å². The lowest BCUT2D eigenvalue weighted by molar-refractivity contribution is -0.119. The van der Waals surface area contributed by atoms with E-state index in [1.165, 1.54) is 0 Å². The van der Waals surface area contributed by atoms with Crippen molar-refractivity contribution in [2.75, 3.05) is 13.1 Å². The normalized spacial score (nSPS) is 20.5. The number of para-hydroxylation sites is 1. The molecule has 1 aromatic carbocycles. The Morgan fingerprint density at radius 2 is 2.00 bits per heavy atom. The van der Waals surface area contributed by atoms with Crippen molar-refractivity contribution in [3.8, 4) is 5.69 Å². The number of nitrogens with zero attached hydrogens (tertiary/aromatic N) is 4. The van der Waals surface area contributed by atoms with Gasteiger partial charge in [-0.2, -0.15) is 0 Å². The summed E-state index contributed by atoms with van der Waals surface area (Å²) in [5, 5.41) is 8.27. The van der Waals surface area contributed by atoms with Crippen LogP contribution in [0.2, 0.25) is 0 Å². The number of rotatable bonds is 2. The van der Waals surface area contributed by atoms with Crippen LogP contribution in [0.3, 0.4) is 0 Å². The summed E-state index contributed by atoms with van der Waals surface area (Å²) in [5.41, 5.74) is 1.69. The quantitative estimate of drug-likeness (QED) is 0.853. The molecule has 1 aliphatic heterocycles. The number of hydrogen-bond acceptors (Lipinski definition) is 4. The largest absolute Gasteiger partial charge is 0.369 e. The van der Waals surface area contributed by atoms with Crippen LogP contribution in [0.5, 0.6) is 0 Å². The predicted molar refractivity (Wildman–Crippen MR) is 86.6 cm³/mol. The summed E-state index contributed by atoms with van der Waals surface area (Å²) in [7, 11) is 0. The van der Waals surface area contributed by atoms with Gasteiger partial charge in [0.1, 0.15) is 0 Å². The molecule has 6 heteroatoms. The zero-order chi connectivity index (χ0) is 16.6. The standard InChI is InChI=1S/C17H22N4O2/c1-12-10-20(11-17(3,4)23-12)16(22)15-13(2)21(19-18-15)14-8-6-5-7-9-14/h5-9,12H,10-11H2,1-4H3. The van der Waals surface area contributed by atoms with Gasteiger partial charge in [0.15, 0.2) is 5.69 Å². The maximum Gasteiger partial charge on any atom is 0.276 e. The molecule has 0 saturated carbocycles. The molecule has 6 nitrogen and oxygen atoms in total. The van der Waals surface area contributed by atoms with Gasteiger partial charge in [-0.05, 0) is 39.8 Å². The van der Waals surface area contributed by atoms with Gasteiger partial charge >= 0.3 is 0 Å². The maximum atomic E-state index is 12.9. The molecule has 0 spiro atoms. The zero-order valence-electron chi connectivity index (χ0n) is 14.0. The van der Waals surface area contributed by atoms with E-state index in [4.69, 9.17) is 4.74 Å². The molecule has 1 aromatic heterocycles. The van der Waals surface area contributed by atoms with Crippen LogP contribution in [-0.4, -0.2) is 50.6 Å². The Kier molecular flexibility index (Phi) is 3.93. The molecule has 1 saturated heterocycles. The van der Waals surface area contributed by atoms with E-state index in [9.17, 15) is 4.79 Å². The second-order valence-corrected chi connectivity index (χ2v) is 6.64. The van der Waals surface area contributed by atoms with E-state index in [1.807, 2.05) is 58.0 Å². The molecule has 1 aliphatic rings. The first-order valence-electron chi connectivity index (χ1n) is 7.82. The third kappa shape index (κ3) is 3.12. The van der Waals surface area contributed by atoms with Crippen molar-refractivity contribution in [1.29, 1.82) is 0 Å². The fourth-order valence-corrected chi connectivity index (χ4v) is 3.10. The van der Waals surface area contributed by atoms with Crippen molar-refractivity contribution in [3.63, 3.8) is 0 Å². The number of carbonyl (C=O) groups is 1. The third-order valence-electron chi connectivity index (χ3n) is 3.95. The minimum atomic E-state index is -0.351. The highest BCUT2D eigenvalue weighted by molar-refractivity contribution is 5.93. The Morgan fingerprint density at radius 1 is 1.30 bits per heavy atom. The zero-order valence-corrected chi connectivity index (χ0v) is 14.0. The molecule has 2 aromatic rings. The summed E-state index contributed by atoms with van der Waals surface area (Å²) in [6.07, 6.45) is 0.00664. The molecule has 1 atom stereocenters. The fourth-order valence-electron chi connectivity index (χ4n) is 3.10. The van der Waals surface area contributed by atoms with Crippen molar-refractivity contribution in [2.24, 2.45) is 0 Å². The summed E-state index contributed by atoms with van der Waals surface area (Å²) in [6.45, 7) is 8.96. The second kappa shape index (κ2) is 5.77. The number of aromatic nitrogens is 3. The Morgan fingerprint density at radius 3 is 2.65 bits per heavy atom. The highest BCUT2D eigenvalue weighted by Crippen LogP contribution is 2.23. The number of amides is 1. The second-order valence-electron chi connectivity index (χ2n) is 6.64. The molecule has 122 valence electrons. The molecular weight excluding hydrogens is 292 g/mol. The van der Waals surface area contributed by atoms with Gasteiger partial charge in [-0.1, -0.05) is 23.4 Å². The van der Waals surface area contributed by atoms with Crippen molar-refractivity contribution in [2.45, 2.75) is 39.4 Å². The van der Waals surface area contributed by atoms with E-state index < -0.39 is 0 Å². The van der Waals surface area contributed by atoms with E-state index in [0.717, 1.165) is 11.4 Å². The highest BCUT2D eigenvalue weighted by atomic mass is 16.5. The molecular formula is C17H22N4O2. The Balaban J connectivity index is 1.88. The predicted octanol–water partition coefficient (Wildman–Crippen LogP) is 2.22. The van der Waals surface area contributed by atoms with Gasteiger partial charge in [0, 0.05) is 13.1 Å². The van der Waals surface area contributed by atoms with E-state index >= 15 is 0 Å². The van der Waals surface area contributed by atoms with Gasteiger partial charge in [-0.25, -0.2) is 4.68 Å². The first kappa shape index (κ1) is 15.7. The molecule has 2 heterocycles. The van der Waals surface area contributed by atoms with Gasteiger partial charge < -0.3 is 9.64 Å². The van der Waals surface area contributed by atoms with Crippen LogP contribution >= 0.6 is 0 Å². The highest BCUT2D eigenvalue weighted by Gasteiger charge is 2.35. The SMILES string of the molecule is Cc1c(C(=O)N2CC(C)OC(C)(C)C2)nnn1-c1ccccc1. The van der Waals surface area contributed by atoms with E-state index in [2.05, 4.69) is 10.3 Å². The van der Waals surface area contributed by atoms with E-state index in [-0.39, 0.29) is 17.6 Å². The third-order valence-corrected chi connectivity index (χ3v) is 3.95. The van der Waals surface area contributed by atoms with Gasteiger partial charge in [0.2, 0.25) is 0 Å². The monoisotopic (exact) mass is 314 g/mol. The van der Waals surface area contributed by atoms with Crippen LogP contribution in [-0.2, 0) is 4.74 Å². The lowest BCUT2D eigenvalue weighted by Crippen LogP contribution is -2.54. The lowest BCUT2D eigenvalue weighted by atomic mass is 10.1. The first-order valence-corrected chi connectivity index (χ1v) is 7.82. The minimum absolute atomic E-state index is 0.00664. The number of ether oxygens (including phenoxy) is 1. The van der Waals surface area contributed by atoms with Crippen LogP contribution in [0.1, 0.15) is 37.0 Å². The molecule has 1 unspecified atom stereocenters. The first-order chi connectivity index (χ1) is 10.9. The average molecular weight is 314 g/mol. The molecule has 0 bridgehead atoms. The van der Waals surface area contributed by atoms with Crippen molar-refractivity contribution >= 4 is 5.91 Å². The summed E-state index contributed by atoms with van der Waals surface area (Å²) in [6, 6.07) is 9.69. The summed E-state index contributed by atoms with van der Waals surface area (Å²) >= 11 is 0. The molecule has 3 rings (SSSR count). The number of hydrogen-bond donors (Lipinski definition) is 0. The molecule has 0 N–H and O–H groups in total. The summed E-state index contributed by atoms with van der Waals surface area (Å²) in [5.74, 6) is -0.0899. The topological polar surface area (TPSA) is 60.3 Å². The van der Waals surface area contributed by atoms with Gasteiger partial charge in [0.25, 0.3) is 5.91 Å². The van der Waals surface area contributed by atoms with Gasteiger partial charge in [0.05, 0.1) is 23.1 Å². The number of carbonyl (C=O) groups excluding carboxylic acids is 1. The molecule has 1 fully saturated rings. The average Bonchev–Trinajstić information content (AvgIpc) is 2.87. The Bertz CT molecular complexity index is 709. The van der Waals surface area contributed by atoms with Crippen LogP contribution < -0.4 is 0 Å². The summed E-state index contributed by atoms with van der Waals surface area (Å²) in [4.78, 5) is 14.7. The Hall–Kier alpha value is -2.21. The number of benzene rings is 1.